The lowest BCUT2D eigenvalue weighted by Crippen LogP contribution is -1.89. The second-order valence-corrected chi connectivity index (χ2v) is 5.76. The van der Waals surface area contributed by atoms with E-state index in [0.717, 1.165) is 10.1 Å². The lowest BCUT2D eigenvalue weighted by atomic mass is 10.1. The van der Waals surface area contributed by atoms with Crippen LogP contribution in [-0.2, 0) is 0 Å². The van der Waals surface area contributed by atoms with Gasteiger partial charge in [-0.05, 0) is 25.0 Å². The second kappa shape index (κ2) is 8.06. The number of thiocarbonyl (C=S) groups is 1. The third kappa shape index (κ3) is 10.4. The molecule has 0 aliphatic heterocycles. The first-order valence-corrected chi connectivity index (χ1v) is 6.15. The Morgan fingerprint density at radius 2 is 1.92 bits per heavy atom. The Labute approximate surface area is 86.5 Å². The molecule has 0 saturated heterocycles. The van der Waals surface area contributed by atoms with Crippen molar-refractivity contribution in [1.82, 2.24) is 0 Å². The molecule has 72 valence electrons. The molecule has 0 heterocycles. The molecule has 0 aromatic carbocycles. The maximum Gasteiger partial charge on any atom is 0.0447 e. The first-order chi connectivity index (χ1) is 5.63. The van der Waals surface area contributed by atoms with Crippen LogP contribution in [0.4, 0.5) is 0 Å². The van der Waals surface area contributed by atoms with Crippen molar-refractivity contribution >= 4 is 28.2 Å². The monoisotopic (exact) mass is 204 g/mol. The van der Waals surface area contributed by atoms with E-state index in [1.54, 1.807) is 0 Å². The number of thioether (sulfide) groups is 1. The van der Waals surface area contributed by atoms with E-state index < -0.39 is 0 Å². The Hall–Kier alpha value is 0.440. The molecule has 0 fully saturated rings. The van der Waals surface area contributed by atoms with Gasteiger partial charge >= 0.3 is 0 Å². The first kappa shape index (κ1) is 12.4. The summed E-state index contributed by atoms with van der Waals surface area (Å²) in [6, 6.07) is 0. The molecule has 0 nitrogen and oxygen atoms in total. The predicted octanol–water partition coefficient (Wildman–Crippen LogP) is 4.28. The van der Waals surface area contributed by atoms with E-state index in [-0.39, 0.29) is 0 Å². The molecular weight excluding hydrogens is 184 g/mol. The molecule has 0 atom stereocenters. The summed E-state index contributed by atoms with van der Waals surface area (Å²) in [6.07, 6.45) is 5.45. The van der Waals surface area contributed by atoms with E-state index in [0.29, 0.717) is 0 Å². The molecule has 0 aliphatic carbocycles. The van der Waals surface area contributed by atoms with Crippen LogP contribution in [0.3, 0.4) is 0 Å². The quantitative estimate of drug-likeness (QED) is 0.468. The molecule has 0 amide bonds. The van der Waals surface area contributed by atoms with Crippen LogP contribution in [0, 0.1) is 5.92 Å². The Morgan fingerprint density at radius 1 is 1.25 bits per heavy atom. The minimum Gasteiger partial charge on any atom is -0.119 e. The normalized spacial score (nSPS) is 10.7. The van der Waals surface area contributed by atoms with Crippen molar-refractivity contribution in [1.29, 1.82) is 0 Å². The highest BCUT2D eigenvalue weighted by Crippen LogP contribution is 2.12. The number of hydrogen-bond acceptors (Lipinski definition) is 2. The van der Waals surface area contributed by atoms with E-state index in [1.807, 2.05) is 18.7 Å². The average molecular weight is 204 g/mol. The van der Waals surface area contributed by atoms with Crippen LogP contribution in [0.5, 0.6) is 0 Å². The molecule has 0 N–H and O–H groups in total. The summed E-state index contributed by atoms with van der Waals surface area (Å²) < 4.78 is 1.08. The van der Waals surface area contributed by atoms with E-state index >= 15 is 0 Å². The van der Waals surface area contributed by atoms with Gasteiger partial charge in [-0.15, -0.1) is 11.8 Å². The lowest BCUT2D eigenvalue weighted by Gasteiger charge is -2.03. The van der Waals surface area contributed by atoms with Gasteiger partial charge in [-0.2, -0.15) is 0 Å². The molecule has 12 heavy (non-hydrogen) atoms. The van der Waals surface area contributed by atoms with Crippen LogP contribution in [0.25, 0.3) is 0 Å². The summed E-state index contributed by atoms with van der Waals surface area (Å²) in [4.78, 5) is 0. The van der Waals surface area contributed by atoms with Crippen LogP contribution in [0.1, 0.15) is 46.5 Å². The molecule has 0 aromatic heterocycles. The summed E-state index contributed by atoms with van der Waals surface area (Å²) in [7, 11) is 0. The molecule has 0 saturated carbocycles. The number of hydrogen-bond donors (Lipinski definition) is 0. The zero-order valence-corrected chi connectivity index (χ0v) is 10.1. The Kier molecular flexibility index (Phi) is 8.35. The van der Waals surface area contributed by atoms with Gasteiger partial charge in [0.2, 0.25) is 0 Å². The van der Waals surface area contributed by atoms with E-state index in [4.69, 9.17) is 12.2 Å². The standard InChI is InChI=1S/C10H20S2/c1-9(2)7-5-4-6-8-12-10(3)11/h9H,4-8H2,1-3H3. The van der Waals surface area contributed by atoms with Gasteiger partial charge in [0.05, 0.1) is 0 Å². The largest absolute Gasteiger partial charge is 0.119 e. The Balaban J connectivity index is 2.96. The van der Waals surface area contributed by atoms with Crippen LogP contribution in [0.2, 0.25) is 0 Å². The Bertz CT molecular complexity index is 119. The van der Waals surface area contributed by atoms with Gasteiger partial charge in [-0.3, -0.25) is 0 Å². The maximum atomic E-state index is 4.98. The van der Waals surface area contributed by atoms with Crippen molar-refractivity contribution in [2.24, 2.45) is 5.92 Å². The highest BCUT2D eigenvalue weighted by Gasteiger charge is 1.94. The molecule has 0 radical (unpaired) electrons. The van der Waals surface area contributed by atoms with Crippen molar-refractivity contribution in [3.05, 3.63) is 0 Å². The molecule has 0 rings (SSSR count). The predicted molar refractivity (Wildman–Crippen MR) is 64.0 cm³/mol. The molecule has 0 aromatic rings. The summed E-state index contributed by atoms with van der Waals surface area (Å²) in [5, 5.41) is 0. The SMILES string of the molecule is CC(=S)SCCCCCC(C)C. The fourth-order valence-corrected chi connectivity index (χ4v) is 1.93. The second-order valence-electron chi connectivity index (χ2n) is 3.58. The number of rotatable bonds is 6. The van der Waals surface area contributed by atoms with E-state index in [1.165, 1.54) is 31.4 Å². The lowest BCUT2D eigenvalue weighted by molar-refractivity contribution is 0.535. The maximum absolute atomic E-state index is 4.98. The fraction of sp³-hybridized carbons (Fsp3) is 0.900. The molecule has 0 unspecified atom stereocenters. The fourth-order valence-electron chi connectivity index (χ4n) is 1.05. The van der Waals surface area contributed by atoms with Crippen LogP contribution < -0.4 is 0 Å². The summed E-state index contributed by atoms with van der Waals surface area (Å²) >= 11 is 6.80. The highest BCUT2D eigenvalue weighted by atomic mass is 32.2. The smallest absolute Gasteiger partial charge is 0.0447 e. The highest BCUT2D eigenvalue weighted by molar-refractivity contribution is 8.23. The molecule has 2 heteroatoms. The minimum atomic E-state index is 0.866. The van der Waals surface area contributed by atoms with Crippen LogP contribution >= 0.6 is 24.0 Å². The van der Waals surface area contributed by atoms with Crippen molar-refractivity contribution < 1.29 is 0 Å². The third-order valence-electron chi connectivity index (χ3n) is 1.73. The number of unbranched alkanes of at least 4 members (excludes halogenated alkanes) is 2. The van der Waals surface area contributed by atoms with Crippen molar-refractivity contribution in [3.63, 3.8) is 0 Å². The molecular formula is C10H20S2. The third-order valence-corrected chi connectivity index (χ3v) is 2.98. The van der Waals surface area contributed by atoms with Crippen molar-refractivity contribution in [2.45, 2.75) is 46.5 Å². The van der Waals surface area contributed by atoms with Gasteiger partial charge in [0.15, 0.2) is 0 Å². The van der Waals surface area contributed by atoms with Gasteiger partial charge < -0.3 is 0 Å². The van der Waals surface area contributed by atoms with Crippen molar-refractivity contribution in [3.8, 4) is 0 Å². The van der Waals surface area contributed by atoms with Gasteiger partial charge in [-0.1, -0.05) is 45.3 Å². The van der Waals surface area contributed by atoms with Gasteiger partial charge in [0, 0.05) is 4.20 Å². The molecule has 0 bridgehead atoms. The molecule has 0 spiro atoms. The summed E-state index contributed by atoms with van der Waals surface area (Å²) in [5.74, 6) is 2.08. The zero-order valence-electron chi connectivity index (χ0n) is 8.43. The zero-order chi connectivity index (χ0) is 9.40. The average Bonchev–Trinajstić information content (AvgIpc) is 1.95. The van der Waals surface area contributed by atoms with E-state index in [9.17, 15) is 0 Å². The summed E-state index contributed by atoms with van der Waals surface area (Å²) in [6.45, 7) is 6.58. The van der Waals surface area contributed by atoms with E-state index in [2.05, 4.69) is 13.8 Å². The van der Waals surface area contributed by atoms with Gasteiger partial charge in [0.25, 0.3) is 0 Å². The Morgan fingerprint density at radius 3 is 2.42 bits per heavy atom. The van der Waals surface area contributed by atoms with Gasteiger partial charge in [0.1, 0.15) is 0 Å². The minimum absolute atomic E-state index is 0.866. The first-order valence-electron chi connectivity index (χ1n) is 4.76. The molecule has 0 aliphatic rings. The topological polar surface area (TPSA) is 0 Å². The van der Waals surface area contributed by atoms with Crippen molar-refractivity contribution in [2.75, 3.05) is 5.75 Å². The summed E-state index contributed by atoms with van der Waals surface area (Å²) in [5.41, 5.74) is 0. The van der Waals surface area contributed by atoms with Crippen LogP contribution in [-0.4, -0.2) is 9.95 Å². The van der Waals surface area contributed by atoms with Crippen LogP contribution in [0.15, 0.2) is 0 Å². The van der Waals surface area contributed by atoms with Gasteiger partial charge in [-0.25, -0.2) is 0 Å².